The summed E-state index contributed by atoms with van der Waals surface area (Å²) in [7, 11) is 0. The van der Waals surface area contributed by atoms with Crippen LogP contribution in [-0.2, 0) is 121 Å². The summed E-state index contributed by atoms with van der Waals surface area (Å²) in [5.74, 6) is -25.5. The Kier molecular flexibility index (Phi) is 50.9. The summed E-state index contributed by atoms with van der Waals surface area (Å²) in [6.45, 7) is 10.7. The van der Waals surface area contributed by atoms with Crippen LogP contribution in [0.25, 0.3) is 0 Å². The molecule has 0 saturated carbocycles. The molecule has 0 saturated heterocycles. The van der Waals surface area contributed by atoms with Gasteiger partial charge in [-0.1, -0.05) is 44.2 Å². The molecule has 1 rings (SSSR count). The lowest BCUT2D eigenvalue weighted by Gasteiger charge is -2.28. The van der Waals surface area contributed by atoms with Gasteiger partial charge < -0.3 is 156 Å². The summed E-state index contributed by atoms with van der Waals surface area (Å²) < 4.78 is 0. The Hall–Kier alpha value is -14.3. The number of primary amides is 4. The van der Waals surface area contributed by atoms with Gasteiger partial charge in [-0.05, 0) is 112 Å². The van der Waals surface area contributed by atoms with E-state index >= 15 is 0 Å². The van der Waals surface area contributed by atoms with Crippen molar-refractivity contribution in [2.45, 2.75) is 256 Å². The van der Waals surface area contributed by atoms with E-state index in [0.717, 1.165) is 13.8 Å². The molecule has 23 amide bonds. The highest BCUT2D eigenvalue weighted by atomic mass is 16.4. The van der Waals surface area contributed by atoms with Crippen LogP contribution in [0.2, 0.25) is 0 Å². The number of hydrogen-bond donors (Lipinski definition) is 30. The van der Waals surface area contributed by atoms with Gasteiger partial charge in [-0.2, -0.15) is 0 Å². The zero-order valence-corrected chi connectivity index (χ0v) is 74.3. The molecule has 131 heavy (non-hydrogen) atoms. The standard InChI is InChI=1S/C77H125N27O27/c1-33(2)59(75(129)96-39(8)65(119)92-36(5)62(116)90-35(4)61(115)89-34(3)60(114)88-30-56(112)86-29-55(111)87-31-57(113)97-50(32-105)73(127)102-48(76(130)131)18-15-27-85-77(83)84)104-72(126)49(28-43-16-13-12-14-17-43)103-71(125)47(22-26-54(81)110)100-70(124)46(21-25-53(80)109)99-67(121)41(10)95-68(122)44(19-23-51(78)107)98-66(120)40(9)93-63(117)37(6)91-64(118)38(7)94-69(123)45(20-24-52(79)108)101-74(128)58(82)42(11)106/h12-14,16-17,33-42,44-50,58-59,105-106H,15,18-32,82H2,1-11H3,(H2,78,107)(H2,79,108)(H2,80,109)(H2,81,110)(H,86,112)(H,87,111)(H,88,114)(H,89,115)(H,90,116)(H,91,118)(H,92,119)(H,93,117)(H,94,123)(H,95,122)(H,96,129)(H,97,113)(H,98,120)(H,99,121)(H,100,124)(H,101,128)(H,102,127)(H,103,125)(H,104,126)(H,130,131)(H4,83,84,85)/t34-,35-,36-,37-,38-,39-,40-,41-,42+,44-,45-,46-,47-,48-,49-,50-,58-,59-/m0/s1. The predicted molar refractivity (Wildman–Crippen MR) is 458 cm³/mol. The second-order valence-electron chi connectivity index (χ2n) is 30.8. The number of benzene rings is 1. The lowest BCUT2D eigenvalue weighted by molar-refractivity contribution is -0.142. The monoisotopic (exact) mass is 1860 g/mol. The van der Waals surface area contributed by atoms with E-state index < -0.39 is 328 Å². The number of guanidine groups is 1. The maximum absolute atomic E-state index is 14.5. The van der Waals surface area contributed by atoms with Crippen molar-refractivity contribution in [3.63, 3.8) is 0 Å². The molecule has 0 heterocycles. The van der Waals surface area contributed by atoms with Gasteiger partial charge in [0.15, 0.2) is 5.96 Å². The van der Waals surface area contributed by atoms with Crippen molar-refractivity contribution >= 4 is 148 Å². The fourth-order valence-electron chi connectivity index (χ4n) is 11.1. The lowest BCUT2D eigenvalue weighted by Crippen LogP contribution is -2.61. The summed E-state index contributed by atoms with van der Waals surface area (Å²) in [4.78, 5) is 313. The number of aliphatic hydroxyl groups is 2. The van der Waals surface area contributed by atoms with Gasteiger partial charge in [-0.25, -0.2) is 4.79 Å². The number of amides is 23. The van der Waals surface area contributed by atoms with E-state index in [1.807, 2.05) is 0 Å². The fourth-order valence-corrected chi connectivity index (χ4v) is 11.1. The molecule has 54 heteroatoms. The summed E-state index contributed by atoms with van der Waals surface area (Å²) >= 11 is 0. The molecule has 18 atom stereocenters. The van der Waals surface area contributed by atoms with Crippen LogP contribution in [-0.4, -0.2) is 305 Å². The van der Waals surface area contributed by atoms with E-state index in [9.17, 15) is 130 Å². The molecule has 0 aliphatic rings. The zero-order valence-electron chi connectivity index (χ0n) is 74.3. The van der Waals surface area contributed by atoms with Gasteiger partial charge >= 0.3 is 5.97 Å². The van der Waals surface area contributed by atoms with E-state index in [1.165, 1.54) is 62.3 Å². The Labute approximate surface area is 751 Å². The Morgan fingerprint density at radius 1 is 0.321 bits per heavy atom. The normalized spacial score (nSPS) is 15.0. The topological polar surface area (TPSA) is 891 Å². The van der Waals surface area contributed by atoms with E-state index in [-0.39, 0.29) is 38.2 Å². The predicted octanol–water partition coefficient (Wildman–Crippen LogP) is -14.7. The van der Waals surface area contributed by atoms with Gasteiger partial charge in [0, 0.05) is 38.6 Å². The smallest absolute Gasteiger partial charge is 0.326 e. The first-order valence-electron chi connectivity index (χ1n) is 41.3. The fraction of sp³-hybridized carbons (Fsp3) is 0.597. The minimum atomic E-state index is -1.79. The van der Waals surface area contributed by atoms with Gasteiger partial charge in [-0.3, -0.25) is 116 Å². The van der Waals surface area contributed by atoms with Gasteiger partial charge in [-0.15, -0.1) is 0 Å². The molecule has 0 bridgehead atoms. The van der Waals surface area contributed by atoms with Crippen molar-refractivity contribution < 1.29 is 130 Å². The summed E-state index contributed by atoms with van der Waals surface area (Å²) in [6.07, 6.45) is -5.68. The molecular formula is C77H125N27O27. The number of nitrogens with one attached hydrogen (secondary N) is 21. The van der Waals surface area contributed by atoms with Crippen molar-refractivity contribution in [2.75, 3.05) is 32.8 Å². The van der Waals surface area contributed by atoms with Crippen LogP contribution in [0, 0.1) is 11.3 Å². The molecule has 36 N–H and O–H groups in total. The number of carboxylic acids is 1. The highest BCUT2D eigenvalue weighted by Crippen LogP contribution is 2.12. The largest absolute Gasteiger partial charge is 0.480 e. The Morgan fingerprint density at radius 3 is 0.954 bits per heavy atom. The van der Waals surface area contributed by atoms with Crippen LogP contribution in [0.1, 0.15) is 146 Å². The Balaban J connectivity index is 3.16. The van der Waals surface area contributed by atoms with Crippen LogP contribution >= 0.6 is 0 Å². The van der Waals surface area contributed by atoms with Gasteiger partial charge in [0.05, 0.1) is 32.3 Å². The van der Waals surface area contributed by atoms with Gasteiger partial charge in [0.1, 0.15) is 103 Å². The molecule has 0 aliphatic heterocycles. The Morgan fingerprint density at radius 2 is 0.611 bits per heavy atom. The van der Waals surface area contributed by atoms with E-state index in [1.54, 1.807) is 30.3 Å². The number of hydrogen-bond acceptors (Lipinski definition) is 28. The molecule has 0 fully saturated rings. The number of carbonyl (C=O) groups is 24. The Bertz CT molecular complexity index is 4250. The minimum absolute atomic E-state index is 0.110. The first kappa shape index (κ1) is 115. The van der Waals surface area contributed by atoms with Crippen LogP contribution in [0.4, 0.5) is 0 Å². The quantitative estimate of drug-likeness (QED) is 0.0164. The number of aliphatic carboxylic acids is 1. The minimum Gasteiger partial charge on any atom is -0.480 e. The van der Waals surface area contributed by atoms with Crippen molar-refractivity contribution in [3.8, 4) is 0 Å². The summed E-state index contributed by atoms with van der Waals surface area (Å²) in [5.41, 5.74) is 32.7. The van der Waals surface area contributed by atoms with E-state index in [2.05, 4.69) is 106 Å². The summed E-state index contributed by atoms with van der Waals surface area (Å²) in [6, 6.07) is -18.0. The van der Waals surface area contributed by atoms with Crippen LogP contribution < -0.4 is 141 Å². The highest BCUT2D eigenvalue weighted by molar-refractivity contribution is 6.02. The number of carbonyl (C=O) groups excluding carboxylic acids is 23. The SMILES string of the molecule is CC(C)[C@H](NC(=O)[C@H](Cc1ccccc1)NC(=O)[C@H](CCC(N)=O)NC(=O)[C@H](CCC(N)=O)NC(=O)[C@H](C)NC(=O)[C@H](CCC(N)=O)NC(=O)[C@H](C)NC(=O)[C@H](C)NC(=O)[C@H](C)NC(=O)[C@H](CCC(N)=O)NC(=O)[C@@H](N)[C@@H](C)O)C(=O)N[C@@H](C)C(=O)N[C@@H](C)C(=O)N[C@@H](C)C(=O)N[C@@H](C)C(=O)NCC(=O)NCC(=O)NCC(=O)N[C@@H](CO)C(=O)N[C@@H](CCCNC(=N)N)C(=O)O. The summed E-state index contributed by atoms with van der Waals surface area (Å²) in [5, 5.41) is 82.4. The van der Waals surface area contributed by atoms with Crippen molar-refractivity contribution in [2.24, 2.45) is 40.3 Å². The van der Waals surface area contributed by atoms with Crippen molar-refractivity contribution in [1.29, 1.82) is 5.41 Å². The molecule has 0 unspecified atom stereocenters. The average molecular weight is 1860 g/mol. The molecule has 1 aromatic carbocycles. The lowest BCUT2D eigenvalue weighted by atomic mass is 10.00. The third-order valence-electron chi connectivity index (χ3n) is 19.0. The zero-order chi connectivity index (χ0) is 100.0. The highest BCUT2D eigenvalue weighted by Gasteiger charge is 2.38. The molecule has 54 nitrogen and oxygen atoms in total. The average Bonchev–Trinajstić information content (AvgIpc) is 0.845. The van der Waals surface area contributed by atoms with E-state index in [0.29, 0.717) is 5.56 Å². The molecule has 0 spiro atoms. The molecule has 730 valence electrons. The second-order valence-corrected chi connectivity index (χ2v) is 30.8. The number of carboxylic acid groups (broad SMARTS) is 1. The van der Waals surface area contributed by atoms with Gasteiger partial charge in [0.25, 0.3) is 0 Å². The van der Waals surface area contributed by atoms with E-state index in [4.69, 9.17) is 39.8 Å². The van der Waals surface area contributed by atoms with Crippen LogP contribution in [0.5, 0.6) is 0 Å². The number of rotatable bonds is 60. The second kappa shape index (κ2) is 58.2. The maximum atomic E-state index is 14.5. The molecule has 1 aromatic rings. The van der Waals surface area contributed by atoms with Crippen molar-refractivity contribution in [3.05, 3.63) is 35.9 Å². The van der Waals surface area contributed by atoms with Crippen molar-refractivity contribution in [1.82, 2.24) is 106 Å². The molecular weight excluding hydrogens is 1740 g/mol. The molecule has 0 aliphatic carbocycles. The first-order valence-corrected chi connectivity index (χ1v) is 41.3. The number of aliphatic hydroxyl groups excluding tert-OH is 2. The van der Waals surface area contributed by atoms with Gasteiger partial charge in [0.2, 0.25) is 136 Å². The third kappa shape index (κ3) is 45.3. The first-order chi connectivity index (χ1) is 61.1. The van der Waals surface area contributed by atoms with Crippen LogP contribution in [0.3, 0.4) is 0 Å². The number of nitrogens with two attached hydrogens (primary N) is 6. The van der Waals surface area contributed by atoms with Crippen LogP contribution in [0.15, 0.2) is 30.3 Å². The molecule has 0 radical (unpaired) electrons. The maximum Gasteiger partial charge on any atom is 0.326 e. The molecule has 0 aromatic heterocycles. The third-order valence-corrected chi connectivity index (χ3v) is 19.0.